The van der Waals surface area contributed by atoms with Crippen LogP contribution in [0.5, 0.6) is 0 Å². The number of imide groups is 1. The third-order valence-corrected chi connectivity index (χ3v) is 9.47. The highest BCUT2D eigenvalue weighted by Gasteiger charge is 2.51. The first-order valence-corrected chi connectivity index (χ1v) is 14.1. The molecule has 3 aromatic heterocycles. The number of hydrogen-bond acceptors (Lipinski definition) is 6. The Kier molecular flexibility index (Phi) is 6.82. The summed E-state index contributed by atoms with van der Waals surface area (Å²) in [7, 11) is 2.69. The molecule has 3 atom stereocenters. The van der Waals surface area contributed by atoms with Crippen LogP contribution in [-0.2, 0) is 22.3 Å². The van der Waals surface area contributed by atoms with E-state index in [4.69, 9.17) is 0 Å². The van der Waals surface area contributed by atoms with Crippen LogP contribution in [0, 0.1) is 18.3 Å². The molecule has 39 heavy (non-hydrogen) atoms. The van der Waals surface area contributed by atoms with Gasteiger partial charge in [0, 0.05) is 35.6 Å². The van der Waals surface area contributed by atoms with Crippen molar-refractivity contribution in [3.05, 3.63) is 46.1 Å². The van der Waals surface area contributed by atoms with E-state index in [1.807, 2.05) is 0 Å². The minimum atomic E-state index is -4.70. The van der Waals surface area contributed by atoms with Crippen LogP contribution in [0.25, 0.3) is 21.5 Å². The van der Waals surface area contributed by atoms with Gasteiger partial charge >= 0.3 is 6.18 Å². The van der Waals surface area contributed by atoms with Crippen LogP contribution in [0.1, 0.15) is 53.7 Å². The fourth-order valence-electron chi connectivity index (χ4n) is 5.15. The number of halogens is 3. The Morgan fingerprint density at radius 2 is 1.97 bits per heavy atom. The molecule has 2 aliphatic rings. The Labute approximate surface area is 230 Å². The highest BCUT2D eigenvalue weighted by molar-refractivity contribution is 7.19. The SMILES string of the molecule is Cc1cc(C(F)(F)F)nc(-c2ccnc3cc(CN4C(=O)C(C)C(C)(C)C4=O)sc23)c1C(=O)N1CC[C@H](P)C1. The van der Waals surface area contributed by atoms with Gasteiger partial charge < -0.3 is 4.90 Å². The lowest BCUT2D eigenvalue weighted by Crippen LogP contribution is -2.32. The molecule has 0 aliphatic carbocycles. The largest absolute Gasteiger partial charge is 0.433 e. The summed E-state index contributed by atoms with van der Waals surface area (Å²) in [4.78, 5) is 51.2. The van der Waals surface area contributed by atoms with Gasteiger partial charge in [0.25, 0.3) is 5.91 Å². The second-order valence-electron chi connectivity index (χ2n) is 10.8. The monoisotopic (exact) mass is 576 g/mol. The van der Waals surface area contributed by atoms with E-state index in [0.29, 0.717) is 33.7 Å². The second-order valence-corrected chi connectivity index (χ2v) is 12.9. The van der Waals surface area contributed by atoms with Crippen LogP contribution in [0.15, 0.2) is 24.4 Å². The van der Waals surface area contributed by atoms with Crippen molar-refractivity contribution in [1.29, 1.82) is 0 Å². The summed E-state index contributed by atoms with van der Waals surface area (Å²) in [5.41, 5.74) is -0.579. The molecular weight excluding hydrogens is 548 g/mol. The zero-order valence-electron chi connectivity index (χ0n) is 21.9. The summed E-state index contributed by atoms with van der Waals surface area (Å²) in [6.45, 7) is 7.74. The van der Waals surface area contributed by atoms with Crippen LogP contribution < -0.4 is 0 Å². The number of hydrogen-bond donors (Lipinski definition) is 0. The number of aromatic nitrogens is 2. The molecule has 2 fully saturated rings. The third-order valence-electron chi connectivity index (χ3n) is 7.78. The smallest absolute Gasteiger partial charge is 0.338 e. The molecule has 7 nitrogen and oxygen atoms in total. The maximum absolute atomic E-state index is 13.8. The van der Waals surface area contributed by atoms with Gasteiger partial charge in [0.2, 0.25) is 11.8 Å². The van der Waals surface area contributed by atoms with Crippen molar-refractivity contribution < 1.29 is 27.6 Å². The molecule has 0 saturated carbocycles. The van der Waals surface area contributed by atoms with Gasteiger partial charge in [-0.15, -0.1) is 20.6 Å². The van der Waals surface area contributed by atoms with Gasteiger partial charge in [0.15, 0.2) is 0 Å². The molecule has 3 amide bonds. The van der Waals surface area contributed by atoms with E-state index >= 15 is 0 Å². The topological polar surface area (TPSA) is 83.5 Å². The van der Waals surface area contributed by atoms with Crippen molar-refractivity contribution in [3.63, 3.8) is 0 Å². The predicted octanol–water partition coefficient (Wildman–Crippen LogP) is 5.31. The number of nitrogens with zero attached hydrogens (tertiary/aromatic N) is 4. The average molecular weight is 577 g/mol. The number of aryl methyl sites for hydroxylation is 1. The predicted molar refractivity (Wildman–Crippen MR) is 145 cm³/mol. The molecule has 12 heteroatoms. The van der Waals surface area contributed by atoms with Gasteiger partial charge in [0.1, 0.15) is 5.69 Å². The van der Waals surface area contributed by atoms with Crippen LogP contribution in [0.4, 0.5) is 13.2 Å². The van der Waals surface area contributed by atoms with Crippen molar-refractivity contribution in [3.8, 4) is 11.3 Å². The first kappa shape index (κ1) is 27.6. The summed E-state index contributed by atoms with van der Waals surface area (Å²) in [6, 6.07) is 4.19. The number of rotatable bonds is 4. The van der Waals surface area contributed by atoms with Gasteiger partial charge in [-0.25, -0.2) is 4.98 Å². The van der Waals surface area contributed by atoms with Crippen molar-refractivity contribution >= 4 is 48.5 Å². The van der Waals surface area contributed by atoms with Crippen molar-refractivity contribution in [2.75, 3.05) is 13.1 Å². The van der Waals surface area contributed by atoms with E-state index in [-0.39, 0.29) is 46.7 Å². The average Bonchev–Trinajstić information content (AvgIpc) is 3.52. The van der Waals surface area contributed by atoms with E-state index in [1.54, 1.807) is 37.8 Å². The molecule has 2 saturated heterocycles. The lowest BCUT2D eigenvalue weighted by atomic mass is 9.82. The minimum Gasteiger partial charge on any atom is -0.338 e. The lowest BCUT2D eigenvalue weighted by Gasteiger charge is -2.21. The molecule has 0 spiro atoms. The molecule has 5 heterocycles. The molecule has 206 valence electrons. The standard InChI is InChI=1S/C27H28F3N4O3PS/c1-13-9-19(27(28,29)30)32-21(20(13)24(36)33-8-6-15(38)11-33)17-5-7-31-18-10-16(39-22(17)18)12-34-23(35)14(2)26(3,4)25(34)37/h5,7,9-10,14-15H,6,8,11-12,38H2,1-4H3/t14?,15-/m0/s1. The number of pyridine rings is 2. The van der Waals surface area contributed by atoms with Crippen molar-refractivity contribution in [1.82, 2.24) is 19.8 Å². The van der Waals surface area contributed by atoms with Crippen molar-refractivity contribution in [2.24, 2.45) is 11.3 Å². The Balaban J connectivity index is 1.62. The number of carbonyl (C=O) groups excluding carboxylic acids is 3. The first-order chi connectivity index (χ1) is 18.2. The maximum Gasteiger partial charge on any atom is 0.433 e. The highest BCUT2D eigenvalue weighted by atomic mass is 32.1. The van der Waals surface area contributed by atoms with Gasteiger partial charge in [-0.2, -0.15) is 13.2 Å². The molecule has 0 radical (unpaired) electrons. The van der Waals surface area contributed by atoms with Gasteiger partial charge in [-0.1, -0.05) is 20.8 Å². The highest BCUT2D eigenvalue weighted by Crippen LogP contribution is 2.41. The number of thiophene rings is 1. The number of likely N-dealkylation sites (tertiary alicyclic amines) is 2. The van der Waals surface area contributed by atoms with Gasteiger partial charge in [-0.05, 0) is 42.8 Å². The van der Waals surface area contributed by atoms with Crippen LogP contribution in [-0.4, -0.2) is 56.2 Å². The quantitative estimate of drug-likeness (QED) is 0.311. The summed E-state index contributed by atoms with van der Waals surface area (Å²) < 4.78 is 42.0. The Morgan fingerprint density at radius 1 is 1.26 bits per heavy atom. The third kappa shape index (κ3) is 4.73. The van der Waals surface area contributed by atoms with Gasteiger partial charge in [0.05, 0.1) is 33.4 Å². The first-order valence-electron chi connectivity index (χ1n) is 12.6. The molecule has 2 unspecified atom stereocenters. The lowest BCUT2D eigenvalue weighted by molar-refractivity contribution is -0.142. The fraction of sp³-hybridized carbons (Fsp3) is 0.444. The Hall–Kier alpha value is -2.91. The molecule has 0 bridgehead atoms. The van der Waals surface area contributed by atoms with E-state index in [1.165, 1.54) is 29.4 Å². The molecule has 5 rings (SSSR count). The van der Waals surface area contributed by atoms with E-state index in [2.05, 4.69) is 19.2 Å². The Bertz CT molecular complexity index is 1520. The molecular formula is C27H28F3N4O3PS. The van der Waals surface area contributed by atoms with Crippen LogP contribution >= 0.6 is 20.6 Å². The zero-order valence-corrected chi connectivity index (χ0v) is 23.9. The van der Waals surface area contributed by atoms with Gasteiger partial charge in [-0.3, -0.25) is 24.3 Å². The number of alkyl halides is 3. The second kappa shape index (κ2) is 9.63. The summed E-state index contributed by atoms with van der Waals surface area (Å²) in [5, 5.41) is 0. The molecule has 0 N–H and O–H groups in total. The van der Waals surface area contributed by atoms with Crippen LogP contribution in [0.3, 0.4) is 0 Å². The fourth-order valence-corrected chi connectivity index (χ4v) is 6.67. The number of carbonyl (C=O) groups is 3. The molecule has 2 aliphatic heterocycles. The maximum atomic E-state index is 13.8. The molecule has 0 aromatic carbocycles. The van der Waals surface area contributed by atoms with Crippen LogP contribution in [0.2, 0.25) is 0 Å². The normalized spacial score (nSPS) is 21.4. The van der Waals surface area contributed by atoms with E-state index in [0.717, 1.165) is 12.5 Å². The Morgan fingerprint density at radius 3 is 2.56 bits per heavy atom. The minimum absolute atomic E-state index is 0.0378. The van der Waals surface area contributed by atoms with E-state index in [9.17, 15) is 27.6 Å². The number of fused-ring (bicyclic) bond motifs is 1. The number of amides is 3. The summed E-state index contributed by atoms with van der Waals surface area (Å²) >= 11 is 1.23. The van der Waals surface area contributed by atoms with Crippen molar-refractivity contribution in [2.45, 2.75) is 52.5 Å². The molecule has 3 aromatic rings. The zero-order chi connectivity index (χ0) is 28.4. The summed E-state index contributed by atoms with van der Waals surface area (Å²) in [6.07, 6.45) is -2.45. The van der Waals surface area contributed by atoms with E-state index < -0.39 is 23.2 Å². The summed E-state index contributed by atoms with van der Waals surface area (Å²) in [5.74, 6) is -1.37.